The van der Waals surface area contributed by atoms with Gasteiger partial charge in [-0.2, -0.15) is 5.10 Å². The van der Waals surface area contributed by atoms with E-state index in [1.54, 1.807) is 16.8 Å². The summed E-state index contributed by atoms with van der Waals surface area (Å²) in [4.78, 5) is 16.9. The Kier molecular flexibility index (Phi) is 7.00. The van der Waals surface area contributed by atoms with Gasteiger partial charge >= 0.3 is 12.3 Å². The first-order valence-electron chi connectivity index (χ1n) is 12.4. The first-order chi connectivity index (χ1) is 18.2. The molecule has 1 N–H and O–H groups in total. The molecule has 1 fully saturated rings. The second-order valence-electron chi connectivity index (χ2n) is 9.50. The third kappa shape index (κ3) is 5.76. The smallest absolute Gasteiger partial charge is 0.487 e. The minimum absolute atomic E-state index is 0.276. The molecule has 1 aliphatic carbocycles. The van der Waals surface area contributed by atoms with E-state index in [2.05, 4.69) is 9.84 Å². The second-order valence-corrected chi connectivity index (χ2v) is 9.50. The van der Waals surface area contributed by atoms with Crippen molar-refractivity contribution in [3.63, 3.8) is 0 Å². The predicted molar refractivity (Wildman–Crippen MR) is 132 cm³/mol. The van der Waals surface area contributed by atoms with E-state index >= 15 is 0 Å². The maximum atomic E-state index is 12.6. The SMILES string of the molecule is Cn1ccc(COc2ccc3nc([C@H]4CCCC[C@H]4C(=O)O)n(Cc4ccc(OC(F)(F)F)cc4)c3c2)n1. The highest BCUT2D eigenvalue weighted by Crippen LogP contribution is 2.39. The number of rotatable bonds is 8. The van der Waals surface area contributed by atoms with Crippen molar-refractivity contribution in [3.05, 3.63) is 71.8 Å². The van der Waals surface area contributed by atoms with Crippen LogP contribution < -0.4 is 9.47 Å². The largest absolute Gasteiger partial charge is 0.573 e. The molecule has 0 radical (unpaired) electrons. The van der Waals surface area contributed by atoms with Crippen LogP contribution in [0.25, 0.3) is 11.0 Å². The monoisotopic (exact) mass is 528 g/mol. The lowest BCUT2D eigenvalue weighted by atomic mass is 9.78. The first kappa shape index (κ1) is 25.6. The third-order valence-electron chi connectivity index (χ3n) is 6.82. The predicted octanol–water partition coefficient (Wildman–Crippen LogP) is 5.65. The number of hydrogen-bond donors (Lipinski definition) is 1. The Morgan fingerprint density at radius 3 is 2.50 bits per heavy atom. The van der Waals surface area contributed by atoms with Crippen LogP contribution in [0.4, 0.5) is 13.2 Å². The zero-order valence-corrected chi connectivity index (χ0v) is 20.7. The molecule has 200 valence electrons. The maximum Gasteiger partial charge on any atom is 0.573 e. The van der Waals surface area contributed by atoms with Crippen LogP contribution in [0, 0.1) is 5.92 Å². The number of ether oxygens (including phenoxy) is 2. The number of imidazole rings is 1. The van der Waals surface area contributed by atoms with Gasteiger partial charge in [0.25, 0.3) is 0 Å². The van der Waals surface area contributed by atoms with Gasteiger partial charge in [0, 0.05) is 31.8 Å². The van der Waals surface area contributed by atoms with Crippen LogP contribution >= 0.6 is 0 Å². The molecule has 11 heteroatoms. The summed E-state index contributed by atoms with van der Waals surface area (Å²) < 4.78 is 51.4. The van der Waals surface area contributed by atoms with Gasteiger partial charge in [0.05, 0.1) is 22.6 Å². The van der Waals surface area contributed by atoms with Crippen molar-refractivity contribution >= 4 is 17.0 Å². The van der Waals surface area contributed by atoms with Crippen molar-refractivity contribution in [3.8, 4) is 11.5 Å². The first-order valence-corrected chi connectivity index (χ1v) is 12.4. The number of aromatic nitrogens is 4. The Morgan fingerprint density at radius 1 is 1.08 bits per heavy atom. The molecule has 2 aromatic heterocycles. The Labute approximate surface area is 216 Å². The summed E-state index contributed by atoms with van der Waals surface area (Å²) >= 11 is 0. The van der Waals surface area contributed by atoms with Gasteiger partial charge in [-0.15, -0.1) is 13.2 Å². The summed E-state index contributed by atoms with van der Waals surface area (Å²) in [7, 11) is 1.83. The van der Waals surface area contributed by atoms with Crippen LogP contribution in [-0.4, -0.2) is 36.8 Å². The average molecular weight is 529 g/mol. The number of aryl methyl sites for hydroxylation is 1. The molecule has 4 aromatic rings. The van der Waals surface area contributed by atoms with E-state index in [1.807, 2.05) is 42.1 Å². The molecular weight excluding hydrogens is 501 g/mol. The molecule has 0 amide bonds. The van der Waals surface area contributed by atoms with E-state index in [0.29, 0.717) is 36.5 Å². The number of aliphatic carboxylic acids is 1. The van der Waals surface area contributed by atoms with Crippen LogP contribution in [0.5, 0.6) is 11.5 Å². The molecule has 0 spiro atoms. The van der Waals surface area contributed by atoms with Crippen molar-refractivity contribution < 1.29 is 32.5 Å². The van der Waals surface area contributed by atoms with Crippen LogP contribution in [0.3, 0.4) is 0 Å². The topological polar surface area (TPSA) is 91.4 Å². The standard InChI is InChI=1S/C27H27F3N4O4/c1-33-13-12-18(32-33)16-37-20-10-11-23-24(14-20)34(15-17-6-8-19(9-7-17)38-27(28,29)30)25(31-23)21-4-2-3-5-22(21)26(35)36/h6-14,21-22H,2-5,15-16H2,1H3,(H,35,36)/t21-,22+/m0/s1. The molecule has 1 aliphatic rings. The Balaban J connectivity index is 1.50. The van der Waals surface area contributed by atoms with Crippen LogP contribution in [0.15, 0.2) is 54.7 Å². The number of nitrogens with zero attached hydrogens (tertiary/aromatic N) is 4. The molecule has 0 bridgehead atoms. The molecule has 2 aromatic carbocycles. The maximum absolute atomic E-state index is 12.6. The molecular formula is C27H27F3N4O4. The number of carboxylic acid groups (broad SMARTS) is 1. The quantitative estimate of drug-likeness (QED) is 0.318. The molecule has 8 nitrogen and oxygen atoms in total. The molecule has 1 saturated carbocycles. The van der Waals surface area contributed by atoms with Crippen molar-refractivity contribution in [1.29, 1.82) is 0 Å². The van der Waals surface area contributed by atoms with Gasteiger partial charge in [-0.25, -0.2) is 4.98 Å². The number of carbonyl (C=O) groups is 1. The molecule has 2 atom stereocenters. The fraction of sp³-hybridized carbons (Fsp3) is 0.370. The van der Waals surface area contributed by atoms with E-state index in [4.69, 9.17) is 9.72 Å². The fourth-order valence-electron chi connectivity index (χ4n) is 5.07. The van der Waals surface area contributed by atoms with Crippen LogP contribution in [0.2, 0.25) is 0 Å². The highest BCUT2D eigenvalue weighted by molar-refractivity contribution is 5.79. The number of carboxylic acids is 1. The van der Waals surface area contributed by atoms with Gasteiger partial charge < -0.3 is 19.1 Å². The lowest BCUT2D eigenvalue weighted by Gasteiger charge is -2.28. The van der Waals surface area contributed by atoms with Crippen molar-refractivity contribution in [2.75, 3.05) is 0 Å². The molecule has 0 unspecified atom stereocenters. The lowest BCUT2D eigenvalue weighted by molar-refractivity contribution is -0.274. The fourth-order valence-corrected chi connectivity index (χ4v) is 5.07. The van der Waals surface area contributed by atoms with Gasteiger partial charge in [0.15, 0.2) is 0 Å². The zero-order chi connectivity index (χ0) is 26.9. The lowest BCUT2D eigenvalue weighted by Crippen LogP contribution is -2.27. The van der Waals surface area contributed by atoms with Crippen molar-refractivity contribution in [2.45, 2.75) is 51.1 Å². The Morgan fingerprint density at radius 2 is 1.82 bits per heavy atom. The van der Waals surface area contributed by atoms with Gasteiger partial charge in [-0.05, 0) is 48.7 Å². The average Bonchev–Trinajstić information content (AvgIpc) is 3.46. The molecule has 0 aliphatic heterocycles. The zero-order valence-electron chi connectivity index (χ0n) is 20.7. The normalized spacial score (nSPS) is 18.0. The highest BCUT2D eigenvalue weighted by Gasteiger charge is 2.35. The van der Waals surface area contributed by atoms with Gasteiger partial charge in [-0.1, -0.05) is 25.0 Å². The summed E-state index contributed by atoms with van der Waals surface area (Å²) in [5, 5.41) is 14.2. The molecule has 5 rings (SSSR count). The minimum Gasteiger partial charge on any atom is -0.487 e. The molecule has 0 saturated heterocycles. The highest BCUT2D eigenvalue weighted by atomic mass is 19.4. The van der Waals surface area contributed by atoms with E-state index in [0.717, 1.165) is 29.6 Å². The van der Waals surface area contributed by atoms with Gasteiger partial charge in [0.2, 0.25) is 0 Å². The summed E-state index contributed by atoms with van der Waals surface area (Å²) in [6.07, 6.45) is 0.0806. The molecule has 2 heterocycles. The summed E-state index contributed by atoms with van der Waals surface area (Å²) in [6, 6.07) is 13.0. The van der Waals surface area contributed by atoms with E-state index in [9.17, 15) is 23.1 Å². The van der Waals surface area contributed by atoms with Crippen LogP contribution in [0.1, 0.15) is 48.7 Å². The van der Waals surface area contributed by atoms with E-state index in [1.165, 1.54) is 12.1 Å². The Hall–Kier alpha value is -4.02. The number of halogens is 3. The number of alkyl halides is 3. The minimum atomic E-state index is -4.77. The van der Waals surface area contributed by atoms with Crippen LogP contribution in [-0.2, 0) is 25.0 Å². The third-order valence-corrected chi connectivity index (χ3v) is 6.82. The van der Waals surface area contributed by atoms with Crippen molar-refractivity contribution in [2.24, 2.45) is 13.0 Å². The second kappa shape index (κ2) is 10.4. The van der Waals surface area contributed by atoms with Gasteiger partial charge in [-0.3, -0.25) is 9.48 Å². The van der Waals surface area contributed by atoms with E-state index < -0.39 is 18.2 Å². The molecule has 38 heavy (non-hydrogen) atoms. The van der Waals surface area contributed by atoms with Gasteiger partial charge in [0.1, 0.15) is 23.9 Å². The summed E-state index contributed by atoms with van der Waals surface area (Å²) in [5.41, 5.74) is 2.94. The summed E-state index contributed by atoms with van der Waals surface area (Å²) in [6.45, 7) is 0.572. The number of fused-ring (bicyclic) bond motifs is 1. The van der Waals surface area contributed by atoms with E-state index in [-0.39, 0.29) is 18.3 Å². The summed E-state index contributed by atoms with van der Waals surface area (Å²) in [5.74, 6) is -0.726. The number of hydrogen-bond acceptors (Lipinski definition) is 5. The Bertz CT molecular complexity index is 1430. The van der Waals surface area contributed by atoms with Crippen molar-refractivity contribution in [1.82, 2.24) is 19.3 Å². The number of benzene rings is 2.